The molecule has 1 heterocycles. The maximum atomic E-state index is 11.7. The van der Waals surface area contributed by atoms with E-state index in [4.69, 9.17) is 5.11 Å². The summed E-state index contributed by atoms with van der Waals surface area (Å²) in [7, 11) is 0. The molecule has 6 heteroatoms. The van der Waals surface area contributed by atoms with Crippen LogP contribution in [0.2, 0.25) is 0 Å². The van der Waals surface area contributed by atoms with E-state index in [-0.39, 0.29) is 18.1 Å². The van der Waals surface area contributed by atoms with E-state index in [1.165, 1.54) is 12.1 Å². The Hall–Kier alpha value is -2.89. The van der Waals surface area contributed by atoms with Gasteiger partial charge in [-0.3, -0.25) is 4.98 Å². The van der Waals surface area contributed by atoms with Gasteiger partial charge in [0.2, 0.25) is 0 Å². The van der Waals surface area contributed by atoms with Gasteiger partial charge in [0, 0.05) is 25.5 Å². The van der Waals surface area contributed by atoms with Gasteiger partial charge in [0.25, 0.3) is 0 Å². The molecule has 2 amide bonds. The third-order valence-corrected chi connectivity index (χ3v) is 2.83. The van der Waals surface area contributed by atoms with Crippen molar-refractivity contribution in [2.24, 2.45) is 0 Å². The van der Waals surface area contributed by atoms with E-state index < -0.39 is 5.97 Å². The number of rotatable bonds is 5. The number of carboxylic acid groups (broad SMARTS) is 1. The molecule has 0 fully saturated rings. The van der Waals surface area contributed by atoms with Crippen LogP contribution < -0.4 is 10.6 Å². The van der Waals surface area contributed by atoms with Gasteiger partial charge in [-0.1, -0.05) is 12.1 Å². The number of aromatic nitrogens is 1. The van der Waals surface area contributed by atoms with Crippen molar-refractivity contribution in [3.05, 3.63) is 65.5 Å². The van der Waals surface area contributed by atoms with Crippen LogP contribution in [-0.4, -0.2) is 22.1 Å². The lowest BCUT2D eigenvalue weighted by atomic mass is 10.1. The van der Waals surface area contributed by atoms with Crippen molar-refractivity contribution >= 4 is 12.0 Å². The topological polar surface area (TPSA) is 91.3 Å². The zero-order valence-corrected chi connectivity index (χ0v) is 11.2. The quantitative estimate of drug-likeness (QED) is 0.781. The van der Waals surface area contributed by atoms with E-state index in [0.717, 1.165) is 11.1 Å². The monoisotopic (exact) mass is 285 g/mol. The number of pyridine rings is 1. The molecule has 0 unspecified atom stereocenters. The second-order valence-electron chi connectivity index (χ2n) is 4.40. The molecule has 2 rings (SSSR count). The smallest absolute Gasteiger partial charge is 0.335 e. The second-order valence-corrected chi connectivity index (χ2v) is 4.40. The molecule has 0 aliphatic rings. The third-order valence-electron chi connectivity index (χ3n) is 2.83. The molecular weight excluding hydrogens is 270 g/mol. The molecule has 0 radical (unpaired) electrons. The number of hydrogen-bond acceptors (Lipinski definition) is 3. The van der Waals surface area contributed by atoms with E-state index in [0.29, 0.717) is 6.54 Å². The number of nitrogens with zero attached hydrogens (tertiary/aromatic N) is 1. The minimum Gasteiger partial charge on any atom is -0.478 e. The maximum Gasteiger partial charge on any atom is 0.335 e. The molecule has 0 saturated carbocycles. The molecule has 6 nitrogen and oxygen atoms in total. The lowest BCUT2D eigenvalue weighted by molar-refractivity contribution is 0.0696. The largest absolute Gasteiger partial charge is 0.478 e. The summed E-state index contributed by atoms with van der Waals surface area (Å²) in [5.41, 5.74) is 1.88. The van der Waals surface area contributed by atoms with E-state index in [2.05, 4.69) is 15.6 Å². The summed E-state index contributed by atoms with van der Waals surface area (Å²) in [5.74, 6) is -0.987. The molecule has 3 N–H and O–H groups in total. The molecule has 2 aromatic rings. The summed E-state index contributed by atoms with van der Waals surface area (Å²) < 4.78 is 0. The number of carbonyl (C=O) groups excluding carboxylic acids is 1. The Labute approximate surface area is 121 Å². The van der Waals surface area contributed by atoms with Crippen LogP contribution in [0.4, 0.5) is 4.79 Å². The van der Waals surface area contributed by atoms with Gasteiger partial charge in [-0.25, -0.2) is 9.59 Å². The number of carbonyl (C=O) groups is 2. The Morgan fingerprint density at radius 2 is 1.67 bits per heavy atom. The Morgan fingerprint density at radius 3 is 2.33 bits per heavy atom. The van der Waals surface area contributed by atoms with Crippen LogP contribution in [0, 0.1) is 0 Å². The van der Waals surface area contributed by atoms with Crippen molar-refractivity contribution in [1.29, 1.82) is 0 Å². The molecule has 21 heavy (non-hydrogen) atoms. The zero-order valence-electron chi connectivity index (χ0n) is 11.2. The third kappa shape index (κ3) is 4.61. The molecule has 1 aromatic carbocycles. The Kier molecular flexibility index (Phi) is 4.87. The fourth-order valence-corrected chi connectivity index (χ4v) is 1.74. The van der Waals surface area contributed by atoms with Gasteiger partial charge in [0.05, 0.1) is 5.56 Å². The highest BCUT2D eigenvalue weighted by molar-refractivity contribution is 5.87. The number of amides is 2. The van der Waals surface area contributed by atoms with Gasteiger partial charge in [-0.15, -0.1) is 0 Å². The average molecular weight is 285 g/mol. The van der Waals surface area contributed by atoms with Gasteiger partial charge >= 0.3 is 12.0 Å². The van der Waals surface area contributed by atoms with Crippen molar-refractivity contribution in [3.63, 3.8) is 0 Å². The highest BCUT2D eigenvalue weighted by Crippen LogP contribution is 2.05. The first-order valence-electron chi connectivity index (χ1n) is 6.38. The van der Waals surface area contributed by atoms with Gasteiger partial charge in [0.1, 0.15) is 0 Å². The fraction of sp³-hybridized carbons (Fsp3) is 0.133. The normalized spacial score (nSPS) is 9.90. The van der Waals surface area contributed by atoms with Crippen LogP contribution in [0.3, 0.4) is 0 Å². The SMILES string of the molecule is O=C(NCc1ccncc1)NCc1cccc(C(=O)O)c1. The first kappa shape index (κ1) is 14.5. The summed E-state index contributed by atoms with van der Waals surface area (Å²) in [6, 6.07) is 9.77. The molecule has 0 aliphatic heterocycles. The maximum absolute atomic E-state index is 11.7. The van der Waals surface area contributed by atoms with E-state index >= 15 is 0 Å². The summed E-state index contributed by atoms with van der Waals surface area (Å²) in [6.07, 6.45) is 3.32. The Balaban J connectivity index is 1.81. The predicted octanol–water partition coefficient (Wildman–Crippen LogP) is 1.78. The Morgan fingerprint density at radius 1 is 1.00 bits per heavy atom. The highest BCUT2D eigenvalue weighted by Gasteiger charge is 2.04. The van der Waals surface area contributed by atoms with Crippen LogP contribution in [0.1, 0.15) is 21.5 Å². The minimum absolute atomic E-state index is 0.200. The number of urea groups is 1. The number of hydrogen-bond donors (Lipinski definition) is 3. The summed E-state index contributed by atoms with van der Waals surface area (Å²) >= 11 is 0. The molecule has 0 aliphatic carbocycles. The molecule has 0 saturated heterocycles. The molecule has 108 valence electrons. The fourth-order valence-electron chi connectivity index (χ4n) is 1.74. The molecule has 0 spiro atoms. The lowest BCUT2D eigenvalue weighted by Gasteiger charge is -2.08. The number of nitrogens with one attached hydrogen (secondary N) is 2. The van der Waals surface area contributed by atoms with Crippen LogP contribution in [0.25, 0.3) is 0 Å². The molecule has 1 aromatic heterocycles. The average Bonchev–Trinajstić information content (AvgIpc) is 2.52. The number of benzene rings is 1. The van der Waals surface area contributed by atoms with Crippen LogP contribution in [-0.2, 0) is 13.1 Å². The van der Waals surface area contributed by atoms with Gasteiger partial charge in [-0.05, 0) is 35.4 Å². The van der Waals surface area contributed by atoms with Crippen molar-refractivity contribution in [2.75, 3.05) is 0 Å². The van der Waals surface area contributed by atoms with Gasteiger partial charge in [-0.2, -0.15) is 0 Å². The van der Waals surface area contributed by atoms with Crippen molar-refractivity contribution in [3.8, 4) is 0 Å². The van der Waals surface area contributed by atoms with Crippen molar-refractivity contribution in [2.45, 2.75) is 13.1 Å². The van der Waals surface area contributed by atoms with E-state index in [1.807, 2.05) is 12.1 Å². The number of carboxylic acids is 1. The van der Waals surface area contributed by atoms with E-state index in [1.54, 1.807) is 24.5 Å². The summed E-state index contributed by atoms with van der Waals surface area (Å²) in [6.45, 7) is 0.673. The second kappa shape index (κ2) is 7.04. The highest BCUT2D eigenvalue weighted by atomic mass is 16.4. The lowest BCUT2D eigenvalue weighted by Crippen LogP contribution is -2.34. The van der Waals surface area contributed by atoms with Gasteiger partial charge < -0.3 is 15.7 Å². The van der Waals surface area contributed by atoms with Crippen LogP contribution in [0.5, 0.6) is 0 Å². The Bertz CT molecular complexity index is 629. The molecular formula is C15H15N3O3. The van der Waals surface area contributed by atoms with Crippen molar-refractivity contribution < 1.29 is 14.7 Å². The van der Waals surface area contributed by atoms with Crippen molar-refractivity contribution in [1.82, 2.24) is 15.6 Å². The van der Waals surface area contributed by atoms with Gasteiger partial charge in [0.15, 0.2) is 0 Å². The first-order chi connectivity index (χ1) is 10.1. The predicted molar refractivity (Wildman–Crippen MR) is 76.7 cm³/mol. The molecule has 0 bridgehead atoms. The standard InChI is InChI=1S/C15H15N3O3/c19-14(20)13-3-1-2-12(8-13)10-18-15(21)17-9-11-4-6-16-7-5-11/h1-8H,9-10H2,(H,19,20)(H2,17,18,21). The minimum atomic E-state index is -0.987. The van der Waals surface area contributed by atoms with Crippen LogP contribution >= 0.6 is 0 Å². The summed E-state index contributed by atoms with van der Waals surface area (Å²) in [5, 5.41) is 14.3. The van der Waals surface area contributed by atoms with E-state index in [9.17, 15) is 9.59 Å². The first-order valence-corrected chi connectivity index (χ1v) is 6.38. The summed E-state index contributed by atoms with van der Waals surface area (Å²) in [4.78, 5) is 26.4. The molecule has 0 atom stereocenters. The number of aromatic carboxylic acids is 1. The zero-order chi connectivity index (χ0) is 15.1. The van der Waals surface area contributed by atoms with Crippen LogP contribution in [0.15, 0.2) is 48.8 Å².